The number of nitrogens with zero attached hydrogens (tertiary/aromatic N) is 1. The molecule has 2 N–H and O–H groups in total. The minimum Gasteiger partial charge on any atom is -0.481 e. The van der Waals surface area contributed by atoms with Gasteiger partial charge in [0, 0.05) is 19.5 Å². The van der Waals surface area contributed by atoms with Crippen LogP contribution in [0.15, 0.2) is 0 Å². The Balaban J connectivity index is 2.17. The van der Waals surface area contributed by atoms with Gasteiger partial charge in [0.15, 0.2) is 0 Å². The van der Waals surface area contributed by atoms with Crippen LogP contribution in [0.25, 0.3) is 0 Å². The number of likely N-dealkylation sites (tertiary alicyclic amines) is 1. The minimum atomic E-state index is -0.921. The molecule has 0 bridgehead atoms. The zero-order chi connectivity index (χ0) is 12.1. The second-order valence-corrected chi connectivity index (χ2v) is 4.66. The van der Waals surface area contributed by atoms with Crippen LogP contribution >= 0.6 is 0 Å². The molecule has 0 aliphatic carbocycles. The highest BCUT2D eigenvalue weighted by Crippen LogP contribution is 2.13. The van der Waals surface area contributed by atoms with Gasteiger partial charge in [-0.05, 0) is 25.9 Å². The Bertz CT molecular complexity index is 268. The smallest absolute Gasteiger partial charge is 0.306 e. The lowest BCUT2D eigenvalue weighted by atomic mass is 10.1. The molecule has 0 radical (unpaired) electrons. The number of aliphatic carboxylic acids is 1. The monoisotopic (exact) mass is 228 g/mol. The predicted octanol–water partition coefficient (Wildman–Crippen LogP) is 0.165. The molecule has 0 saturated carbocycles. The van der Waals surface area contributed by atoms with Crippen LogP contribution in [0.4, 0.5) is 0 Å². The molecule has 5 heteroatoms. The molecule has 0 aromatic rings. The number of nitrogens with one attached hydrogen (secondary N) is 1. The van der Waals surface area contributed by atoms with Crippen molar-refractivity contribution >= 4 is 11.9 Å². The summed E-state index contributed by atoms with van der Waals surface area (Å²) in [5.74, 6) is -1.18. The van der Waals surface area contributed by atoms with E-state index in [4.69, 9.17) is 5.11 Å². The van der Waals surface area contributed by atoms with E-state index in [0.29, 0.717) is 12.5 Å². The molecule has 1 heterocycles. The minimum absolute atomic E-state index is 0.0674. The zero-order valence-electron chi connectivity index (χ0n) is 9.90. The molecule has 1 saturated heterocycles. The van der Waals surface area contributed by atoms with Gasteiger partial charge in [0.25, 0.3) is 0 Å². The fourth-order valence-corrected chi connectivity index (χ4v) is 1.89. The van der Waals surface area contributed by atoms with E-state index in [2.05, 4.69) is 17.3 Å². The lowest BCUT2D eigenvalue weighted by Gasteiger charge is -2.12. The third-order valence-electron chi connectivity index (χ3n) is 2.99. The molecule has 1 fully saturated rings. The topological polar surface area (TPSA) is 69.6 Å². The SMILES string of the molecule is CC(CC(=O)NCC1CCN(C)C1)C(=O)O. The number of carbonyl (C=O) groups excluding carboxylic acids is 1. The summed E-state index contributed by atoms with van der Waals surface area (Å²) in [5.41, 5.74) is 0. The van der Waals surface area contributed by atoms with Gasteiger partial charge in [-0.1, -0.05) is 6.92 Å². The fraction of sp³-hybridized carbons (Fsp3) is 0.818. The highest BCUT2D eigenvalue weighted by Gasteiger charge is 2.21. The number of carbonyl (C=O) groups is 2. The average Bonchev–Trinajstić information content (AvgIpc) is 2.61. The van der Waals surface area contributed by atoms with Gasteiger partial charge in [-0.2, -0.15) is 0 Å². The van der Waals surface area contributed by atoms with Gasteiger partial charge in [-0.25, -0.2) is 0 Å². The Labute approximate surface area is 95.8 Å². The van der Waals surface area contributed by atoms with Gasteiger partial charge in [0.2, 0.25) is 5.91 Å². The highest BCUT2D eigenvalue weighted by atomic mass is 16.4. The first-order valence-electron chi connectivity index (χ1n) is 5.67. The Morgan fingerprint density at radius 1 is 1.56 bits per heavy atom. The molecule has 5 nitrogen and oxygen atoms in total. The van der Waals surface area contributed by atoms with Crippen LogP contribution in [0.5, 0.6) is 0 Å². The van der Waals surface area contributed by atoms with E-state index in [1.54, 1.807) is 6.92 Å². The van der Waals surface area contributed by atoms with Gasteiger partial charge < -0.3 is 15.3 Å². The fourth-order valence-electron chi connectivity index (χ4n) is 1.89. The standard InChI is InChI=1S/C11H20N2O3/c1-8(11(15)16)5-10(14)12-6-9-3-4-13(2)7-9/h8-9H,3-7H2,1-2H3,(H,12,14)(H,15,16). The Morgan fingerprint density at radius 3 is 2.75 bits per heavy atom. The first-order valence-corrected chi connectivity index (χ1v) is 5.67. The van der Waals surface area contributed by atoms with Crippen LogP contribution in [0.3, 0.4) is 0 Å². The van der Waals surface area contributed by atoms with E-state index in [9.17, 15) is 9.59 Å². The van der Waals surface area contributed by atoms with Crippen molar-refractivity contribution < 1.29 is 14.7 Å². The second-order valence-electron chi connectivity index (χ2n) is 4.66. The molecule has 2 unspecified atom stereocenters. The van der Waals surface area contributed by atoms with Gasteiger partial charge in [0.05, 0.1) is 5.92 Å². The van der Waals surface area contributed by atoms with Crippen molar-refractivity contribution in [2.45, 2.75) is 19.8 Å². The molecule has 0 aromatic carbocycles. The van der Waals surface area contributed by atoms with Crippen LogP contribution in [0.1, 0.15) is 19.8 Å². The molecule has 1 rings (SSSR count). The van der Waals surface area contributed by atoms with Crippen LogP contribution in [-0.4, -0.2) is 48.6 Å². The van der Waals surface area contributed by atoms with E-state index in [0.717, 1.165) is 19.5 Å². The lowest BCUT2D eigenvalue weighted by Crippen LogP contribution is -2.32. The maximum absolute atomic E-state index is 11.4. The van der Waals surface area contributed by atoms with Crippen molar-refractivity contribution in [1.82, 2.24) is 10.2 Å². The molecular formula is C11H20N2O3. The predicted molar refractivity (Wildman–Crippen MR) is 60.0 cm³/mol. The molecule has 1 aliphatic rings. The number of rotatable bonds is 5. The zero-order valence-corrected chi connectivity index (χ0v) is 9.90. The average molecular weight is 228 g/mol. The summed E-state index contributed by atoms with van der Waals surface area (Å²) >= 11 is 0. The normalized spacial score (nSPS) is 23.0. The molecule has 1 amide bonds. The van der Waals surface area contributed by atoms with E-state index < -0.39 is 11.9 Å². The van der Waals surface area contributed by atoms with Crippen molar-refractivity contribution in [2.75, 3.05) is 26.7 Å². The van der Waals surface area contributed by atoms with Crippen LogP contribution in [0.2, 0.25) is 0 Å². The molecular weight excluding hydrogens is 208 g/mol. The quantitative estimate of drug-likeness (QED) is 0.703. The van der Waals surface area contributed by atoms with Crippen LogP contribution in [0, 0.1) is 11.8 Å². The van der Waals surface area contributed by atoms with Crippen LogP contribution < -0.4 is 5.32 Å². The maximum Gasteiger partial charge on any atom is 0.306 e. The lowest BCUT2D eigenvalue weighted by molar-refractivity contribution is -0.143. The molecule has 1 aliphatic heterocycles. The maximum atomic E-state index is 11.4. The first kappa shape index (κ1) is 13.0. The largest absolute Gasteiger partial charge is 0.481 e. The summed E-state index contributed by atoms with van der Waals surface area (Å²) in [4.78, 5) is 24.2. The molecule has 92 valence electrons. The van der Waals surface area contributed by atoms with Crippen molar-refractivity contribution in [1.29, 1.82) is 0 Å². The van der Waals surface area contributed by atoms with Gasteiger partial charge >= 0.3 is 5.97 Å². The summed E-state index contributed by atoms with van der Waals surface area (Å²) in [5, 5.41) is 11.5. The third kappa shape index (κ3) is 4.18. The second kappa shape index (κ2) is 5.84. The van der Waals surface area contributed by atoms with E-state index in [-0.39, 0.29) is 12.3 Å². The third-order valence-corrected chi connectivity index (χ3v) is 2.99. The van der Waals surface area contributed by atoms with E-state index in [1.165, 1.54) is 0 Å². The number of hydrogen-bond acceptors (Lipinski definition) is 3. The molecule has 0 spiro atoms. The van der Waals surface area contributed by atoms with Gasteiger partial charge in [0.1, 0.15) is 0 Å². The van der Waals surface area contributed by atoms with E-state index in [1.807, 2.05) is 0 Å². The van der Waals surface area contributed by atoms with Crippen molar-refractivity contribution in [3.8, 4) is 0 Å². The number of amides is 1. The molecule has 2 atom stereocenters. The summed E-state index contributed by atoms with van der Waals surface area (Å²) < 4.78 is 0. The van der Waals surface area contributed by atoms with Gasteiger partial charge in [-0.15, -0.1) is 0 Å². The summed E-state index contributed by atoms with van der Waals surface area (Å²) in [6.07, 6.45) is 1.17. The summed E-state index contributed by atoms with van der Waals surface area (Å²) in [7, 11) is 2.06. The number of carboxylic acid groups (broad SMARTS) is 1. The molecule has 16 heavy (non-hydrogen) atoms. The Hall–Kier alpha value is -1.10. The Kier molecular flexibility index (Phi) is 4.73. The van der Waals surface area contributed by atoms with E-state index >= 15 is 0 Å². The van der Waals surface area contributed by atoms with Crippen molar-refractivity contribution in [3.05, 3.63) is 0 Å². The van der Waals surface area contributed by atoms with Crippen molar-refractivity contribution in [2.24, 2.45) is 11.8 Å². The summed E-state index contributed by atoms with van der Waals surface area (Å²) in [6, 6.07) is 0. The Morgan fingerprint density at radius 2 is 2.25 bits per heavy atom. The highest BCUT2D eigenvalue weighted by molar-refractivity contribution is 5.81. The number of hydrogen-bond donors (Lipinski definition) is 2. The number of carboxylic acids is 1. The van der Waals surface area contributed by atoms with Crippen molar-refractivity contribution in [3.63, 3.8) is 0 Å². The first-order chi connectivity index (χ1) is 7.49. The van der Waals surface area contributed by atoms with Gasteiger partial charge in [-0.3, -0.25) is 9.59 Å². The van der Waals surface area contributed by atoms with Crippen LogP contribution in [-0.2, 0) is 9.59 Å². The molecule has 0 aromatic heterocycles. The summed E-state index contributed by atoms with van der Waals surface area (Å²) in [6.45, 7) is 4.29.